The summed E-state index contributed by atoms with van der Waals surface area (Å²) in [6, 6.07) is 8.94. The Morgan fingerprint density at radius 1 is 1.28 bits per heavy atom. The molecule has 0 atom stereocenters. The van der Waals surface area contributed by atoms with Crippen LogP contribution in [0.15, 0.2) is 35.4 Å². The van der Waals surface area contributed by atoms with Crippen LogP contribution in [0.25, 0.3) is 0 Å². The summed E-state index contributed by atoms with van der Waals surface area (Å²) in [6.45, 7) is 1.84. The second kappa shape index (κ2) is 7.07. The molecule has 3 rings (SSSR count). The van der Waals surface area contributed by atoms with Crippen LogP contribution in [0.2, 0.25) is 0 Å². The molecule has 2 N–H and O–H groups in total. The molecular formula is C17H19N5O2S. The molecule has 0 amide bonds. The summed E-state index contributed by atoms with van der Waals surface area (Å²) < 4.78 is 24.1. The van der Waals surface area contributed by atoms with E-state index < -0.39 is 9.84 Å². The first-order chi connectivity index (χ1) is 12.0. The summed E-state index contributed by atoms with van der Waals surface area (Å²) in [6.07, 6.45) is 4.20. The predicted octanol–water partition coefficient (Wildman–Crippen LogP) is 2.85. The lowest BCUT2D eigenvalue weighted by molar-refractivity contribution is 0.595. The molecule has 1 aromatic carbocycles. The number of hydrogen-bond donors (Lipinski definition) is 2. The maximum Gasteiger partial charge on any atom is 0.229 e. The van der Waals surface area contributed by atoms with Gasteiger partial charge in [-0.25, -0.2) is 13.4 Å². The zero-order valence-corrected chi connectivity index (χ0v) is 14.7. The molecule has 1 saturated carbocycles. The Hall–Kier alpha value is -2.66. The van der Waals surface area contributed by atoms with Gasteiger partial charge in [0.2, 0.25) is 5.95 Å². The number of nitriles is 1. The zero-order valence-electron chi connectivity index (χ0n) is 13.9. The van der Waals surface area contributed by atoms with Crippen LogP contribution < -0.4 is 10.6 Å². The van der Waals surface area contributed by atoms with Crippen molar-refractivity contribution in [1.29, 1.82) is 5.26 Å². The van der Waals surface area contributed by atoms with Gasteiger partial charge in [-0.3, -0.25) is 0 Å². The van der Waals surface area contributed by atoms with E-state index in [1.807, 2.05) is 6.92 Å². The zero-order chi connectivity index (χ0) is 17.9. The number of hydrogen-bond acceptors (Lipinski definition) is 7. The van der Waals surface area contributed by atoms with Gasteiger partial charge in [-0.2, -0.15) is 10.2 Å². The van der Waals surface area contributed by atoms with Crippen LogP contribution in [0.4, 0.5) is 17.5 Å². The van der Waals surface area contributed by atoms with E-state index in [-0.39, 0.29) is 5.75 Å². The van der Waals surface area contributed by atoms with E-state index in [1.165, 1.54) is 6.20 Å². The number of aromatic nitrogens is 2. The van der Waals surface area contributed by atoms with E-state index in [0.717, 1.165) is 12.8 Å². The van der Waals surface area contributed by atoms with E-state index in [0.29, 0.717) is 40.4 Å². The first-order valence-electron chi connectivity index (χ1n) is 8.15. The summed E-state index contributed by atoms with van der Waals surface area (Å²) >= 11 is 0. The average molecular weight is 357 g/mol. The van der Waals surface area contributed by atoms with Crippen LogP contribution in [-0.4, -0.2) is 30.2 Å². The Morgan fingerprint density at radius 3 is 2.60 bits per heavy atom. The molecule has 0 radical (unpaired) electrons. The van der Waals surface area contributed by atoms with Crippen molar-refractivity contribution in [2.75, 3.05) is 16.4 Å². The highest BCUT2D eigenvalue weighted by molar-refractivity contribution is 7.91. The van der Waals surface area contributed by atoms with E-state index >= 15 is 0 Å². The Morgan fingerprint density at radius 2 is 2.00 bits per heavy atom. The van der Waals surface area contributed by atoms with Crippen LogP contribution in [0.1, 0.15) is 31.7 Å². The molecule has 1 aliphatic carbocycles. The molecule has 0 aliphatic heterocycles. The van der Waals surface area contributed by atoms with Crippen molar-refractivity contribution in [3.05, 3.63) is 36.0 Å². The molecule has 2 aromatic rings. The topological polar surface area (TPSA) is 108 Å². The first-order valence-corrected chi connectivity index (χ1v) is 9.80. The van der Waals surface area contributed by atoms with Crippen molar-refractivity contribution in [2.45, 2.75) is 37.1 Å². The van der Waals surface area contributed by atoms with Gasteiger partial charge in [-0.15, -0.1) is 0 Å². The fraction of sp³-hybridized carbons (Fsp3) is 0.353. The van der Waals surface area contributed by atoms with E-state index in [4.69, 9.17) is 5.26 Å². The minimum atomic E-state index is -3.23. The molecule has 1 heterocycles. The second-order valence-electron chi connectivity index (χ2n) is 5.95. The first kappa shape index (κ1) is 17.2. The number of nitrogens with one attached hydrogen (secondary N) is 2. The van der Waals surface area contributed by atoms with Crippen molar-refractivity contribution in [3.63, 3.8) is 0 Å². The lowest BCUT2D eigenvalue weighted by Gasteiger charge is -2.10. The third kappa shape index (κ3) is 4.25. The van der Waals surface area contributed by atoms with Gasteiger partial charge in [-0.05, 0) is 43.5 Å². The lowest BCUT2D eigenvalue weighted by Crippen LogP contribution is -2.08. The normalized spacial score (nSPS) is 13.9. The average Bonchev–Trinajstić information content (AvgIpc) is 3.40. The van der Waals surface area contributed by atoms with Gasteiger partial charge in [0.1, 0.15) is 17.5 Å². The van der Waals surface area contributed by atoms with Crippen LogP contribution in [0, 0.1) is 11.3 Å². The number of benzene rings is 1. The fourth-order valence-electron chi connectivity index (χ4n) is 2.32. The molecule has 0 spiro atoms. The van der Waals surface area contributed by atoms with Crippen molar-refractivity contribution in [3.8, 4) is 6.07 Å². The molecule has 7 nitrogen and oxygen atoms in total. The molecule has 1 aromatic heterocycles. The van der Waals surface area contributed by atoms with Gasteiger partial charge in [0, 0.05) is 11.7 Å². The molecule has 130 valence electrons. The minimum absolute atomic E-state index is 0.134. The molecule has 0 unspecified atom stereocenters. The van der Waals surface area contributed by atoms with Crippen LogP contribution in [0.5, 0.6) is 0 Å². The van der Waals surface area contributed by atoms with Crippen molar-refractivity contribution in [2.24, 2.45) is 0 Å². The van der Waals surface area contributed by atoms with Gasteiger partial charge >= 0.3 is 0 Å². The van der Waals surface area contributed by atoms with Gasteiger partial charge in [-0.1, -0.05) is 6.92 Å². The lowest BCUT2D eigenvalue weighted by atomic mass is 10.3. The molecule has 25 heavy (non-hydrogen) atoms. The highest BCUT2D eigenvalue weighted by Crippen LogP contribution is 2.26. The summed E-state index contributed by atoms with van der Waals surface area (Å²) in [5.74, 6) is 1.00. The van der Waals surface area contributed by atoms with E-state index in [1.54, 1.807) is 24.3 Å². The summed E-state index contributed by atoms with van der Waals surface area (Å²) in [4.78, 5) is 8.78. The standard InChI is InChI=1S/C17H19N5O2S/c1-2-9-25(23,24)15-7-5-14(6-8-15)21-17-19-11-12(10-18)16(22-17)20-13-3-4-13/h5-8,11,13H,2-4,9H2,1H3,(H2,19,20,21,22). The second-order valence-corrected chi connectivity index (χ2v) is 8.06. The number of nitrogens with zero attached hydrogens (tertiary/aromatic N) is 3. The molecule has 0 bridgehead atoms. The Balaban J connectivity index is 1.77. The maximum absolute atomic E-state index is 12.0. The van der Waals surface area contributed by atoms with E-state index in [2.05, 4.69) is 26.7 Å². The minimum Gasteiger partial charge on any atom is -0.366 e. The molecular weight excluding hydrogens is 338 g/mol. The highest BCUT2D eigenvalue weighted by atomic mass is 32.2. The highest BCUT2D eigenvalue weighted by Gasteiger charge is 2.23. The third-order valence-electron chi connectivity index (χ3n) is 3.77. The van der Waals surface area contributed by atoms with Crippen molar-refractivity contribution >= 4 is 27.3 Å². The van der Waals surface area contributed by atoms with E-state index in [9.17, 15) is 8.42 Å². The molecule has 0 saturated heterocycles. The van der Waals surface area contributed by atoms with Gasteiger partial charge in [0.25, 0.3) is 0 Å². The Bertz CT molecular complexity index is 900. The fourth-order valence-corrected chi connectivity index (χ4v) is 3.64. The third-order valence-corrected chi connectivity index (χ3v) is 5.71. The summed E-state index contributed by atoms with van der Waals surface area (Å²) in [7, 11) is -3.23. The molecule has 1 fully saturated rings. The number of sulfone groups is 1. The molecule has 8 heteroatoms. The van der Waals surface area contributed by atoms with Gasteiger partial charge < -0.3 is 10.6 Å². The van der Waals surface area contributed by atoms with Crippen LogP contribution >= 0.6 is 0 Å². The molecule has 1 aliphatic rings. The Kier molecular flexibility index (Phi) is 4.86. The SMILES string of the molecule is CCCS(=O)(=O)c1ccc(Nc2ncc(C#N)c(NC3CC3)n2)cc1. The number of rotatable bonds is 7. The monoisotopic (exact) mass is 357 g/mol. The Labute approximate surface area is 147 Å². The largest absolute Gasteiger partial charge is 0.366 e. The van der Waals surface area contributed by atoms with Crippen LogP contribution in [0.3, 0.4) is 0 Å². The van der Waals surface area contributed by atoms with Crippen molar-refractivity contribution in [1.82, 2.24) is 9.97 Å². The smallest absolute Gasteiger partial charge is 0.229 e. The van der Waals surface area contributed by atoms with Gasteiger partial charge in [0.15, 0.2) is 9.84 Å². The van der Waals surface area contributed by atoms with Gasteiger partial charge in [0.05, 0.1) is 16.8 Å². The summed E-state index contributed by atoms with van der Waals surface area (Å²) in [5.41, 5.74) is 1.08. The van der Waals surface area contributed by atoms with Crippen LogP contribution in [-0.2, 0) is 9.84 Å². The van der Waals surface area contributed by atoms with Crippen molar-refractivity contribution < 1.29 is 8.42 Å². The summed E-state index contributed by atoms with van der Waals surface area (Å²) in [5, 5.41) is 15.4. The quantitative estimate of drug-likeness (QED) is 0.784. The number of anilines is 3. The predicted molar refractivity (Wildman–Crippen MR) is 95.5 cm³/mol. The maximum atomic E-state index is 12.0.